The van der Waals surface area contributed by atoms with Crippen molar-refractivity contribution in [3.63, 3.8) is 0 Å². The smallest absolute Gasteiger partial charge is 0.342 e. The number of ether oxygens (including phenoxy) is 2. The van der Waals surface area contributed by atoms with Crippen LogP contribution in [0.5, 0.6) is 5.75 Å². The standard InChI is InChI=1S/C11H14O3S/c1-4-15-9-7-5-6-8(13-2)10(9)11(12)14-3/h5-7H,4H2,1-3H3. The number of methoxy groups -OCH3 is 2. The lowest BCUT2D eigenvalue weighted by atomic mass is 10.2. The fourth-order valence-electron chi connectivity index (χ4n) is 1.26. The van der Waals surface area contributed by atoms with Crippen molar-refractivity contribution in [2.24, 2.45) is 0 Å². The Morgan fingerprint density at radius 3 is 2.67 bits per heavy atom. The summed E-state index contributed by atoms with van der Waals surface area (Å²) in [4.78, 5) is 12.5. The van der Waals surface area contributed by atoms with E-state index in [1.165, 1.54) is 7.11 Å². The number of hydrogen-bond acceptors (Lipinski definition) is 4. The minimum atomic E-state index is -0.358. The molecule has 0 aliphatic rings. The Kier molecular flexibility index (Phi) is 4.49. The van der Waals surface area contributed by atoms with E-state index in [4.69, 9.17) is 9.47 Å². The molecule has 0 unspecified atom stereocenters. The Labute approximate surface area is 93.8 Å². The Bertz CT molecular complexity index is 350. The van der Waals surface area contributed by atoms with Gasteiger partial charge in [0.1, 0.15) is 11.3 Å². The van der Waals surface area contributed by atoms with E-state index in [0.29, 0.717) is 11.3 Å². The number of benzene rings is 1. The summed E-state index contributed by atoms with van der Waals surface area (Å²) in [7, 11) is 2.91. The SMILES string of the molecule is CCSc1cccc(OC)c1C(=O)OC. The minimum absolute atomic E-state index is 0.358. The van der Waals surface area contributed by atoms with Gasteiger partial charge in [0.2, 0.25) is 0 Å². The Hall–Kier alpha value is -1.16. The summed E-state index contributed by atoms with van der Waals surface area (Å²) < 4.78 is 9.87. The molecule has 82 valence electrons. The van der Waals surface area contributed by atoms with Gasteiger partial charge in [-0.25, -0.2) is 4.79 Å². The molecule has 1 rings (SSSR count). The van der Waals surface area contributed by atoms with Gasteiger partial charge in [-0.05, 0) is 17.9 Å². The van der Waals surface area contributed by atoms with Crippen molar-refractivity contribution < 1.29 is 14.3 Å². The Morgan fingerprint density at radius 2 is 2.13 bits per heavy atom. The molecular formula is C11H14O3S. The zero-order chi connectivity index (χ0) is 11.3. The lowest BCUT2D eigenvalue weighted by molar-refractivity contribution is 0.0593. The molecule has 3 nitrogen and oxygen atoms in total. The summed E-state index contributed by atoms with van der Waals surface area (Å²) in [5.74, 6) is 1.10. The maximum atomic E-state index is 11.6. The van der Waals surface area contributed by atoms with Gasteiger partial charge in [-0.3, -0.25) is 0 Å². The van der Waals surface area contributed by atoms with Crippen LogP contribution in [0, 0.1) is 0 Å². The van der Waals surface area contributed by atoms with Crippen LogP contribution in [-0.2, 0) is 4.74 Å². The largest absolute Gasteiger partial charge is 0.496 e. The number of thioether (sulfide) groups is 1. The number of rotatable bonds is 4. The number of esters is 1. The third-order valence-electron chi connectivity index (χ3n) is 1.90. The van der Waals surface area contributed by atoms with Crippen molar-refractivity contribution in [3.8, 4) is 5.75 Å². The molecule has 1 aromatic rings. The zero-order valence-corrected chi connectivity index (χ0v) is 9.89. The average Bonchev–Trinajstić information content (AvgIpc) is 2.28. The summed E-state index contributed by atoms with van der Waals surface area (Å²) in [5, 5.41) is 0. The van der Waals surface area contributed by atoms with Crippen LogP contribution in [0.3, 0.4) is 0 Å². The topological polar surface area (TPSA) is 35.5 Å². The van der Waals surface area contributed by atoms with Crippen LogP contribution in [0.25, 0.3) is 0 Å². The van der Waals surface area contributed by atoms with Crippen molar-refractivity contribution in [2.45, 2.75) is 11.8 Å². The van der Waals surface area contributed by atoms with Gasteiger partial charge in [-0.15, -0.1) is 11.8 Å². The van der Waals surface area contributed by atoms with Gasteiger partial charge in [-0.2, -0.15) is 0 Å². The Balaban J connectivity index is 3.20. The van der Waals surface area contributed by atoms with E-state index in [2.05, 4.69) is 0 Å². The first kappa shape index (κ1) is 11.9. The van der Waals surface area contributed by atoms with Crippen LogP contribution in [0.4, 0.5) is 0 Å². The molecule has 0 heterocycles. The van der Waals surface area contributed by atoms with Crippen LogP contribution in [0.15, 0.2) is 23.1 Å². The van der Waals surface area contributed by atoms with E-state index in [1.54, 1.807) is 24.9 Å². The number of carbonyl (C=O) groups is 1. The molecule has 0 aliphatic carbocycles. The highest BCUT2D eigenvalue weighted by atomic mass is 32.2. The highest BCUT2D eigenvalue weighted by Gasteiger charge is 2.17. The van der Waals surface area contributed by atoms with Gasteiger partial charge < -0.3 is 9.47 Å². The van der Waals surface area contributed by atoms with Gasteiger partial charge in [0.25, 0.3) is 0 Å². The molecule has 0 amide bonds. The first-order chi connectivity index (χ1) is 7.24. The quantitative estimate of drug-likeness (QED) is 0.584. The van der Waals surface area contributed by atoms with E-state index in [0.717, 1.165) is 10.6 Å². The highest BCUT2D eigenvalue weighted by molar-refractivity contribution is 7.99. The van der Waals surface area contributed by atoms with E-state index in [9.17, 15) is 4.79 Å². The van der Waals surface area contributed by atoms with Crippen molar-refractivity contribution >= 4 is 17.7 Å². The van der Waals surface area contributed by atoms with Crippen molar-refractivity contribution in [2.75, 3.05) is 20.0 Å². The fourth-order valence-corrected chi connectivity index (χ4v) is 2.07. The maximum Gasteiger partial charge on any atom is 0.342 e. The normalized spacial score (nSPS) is 9.80. The second-order valence-corrected chi connectivity index (χ2v) is 4.06. The second-order valence-electron chi connectivity index (χ2n) is 2.76. The first-order valence-corrected chi connectivity index (χ1v) is 5.61. The number of carbonyl (C=O) groups excluding carboxylic acids is 1. The van der Waals surface area contributed by atoms with Crippen LogP contribution in [-0.4, -0.2) is 25.9 Å². The molecule has 0 bridgehead atoms. The molecule has 0 saturated carbocycles. The molecule has 4 heteroatoms. The lowest BCUT2D eigenvalue weighted by Gasteiger charge is -2.10. The molecule has 0 aliphatic heterocycles. The van der Waals surface area contributed by atoms with E-state index >= 15 is 0 Å². The van der Waals surface area contributed by atoms with Crippen LogP contribution in [0.1, 0.15) is 17.3 Å². The lowest BCUT2D eigenvalue weighted by Crippen LogP contribution is -2.05. The number of hydrogen-bond donors (Lipinski definition) is 0. The predicted molar refractivity (Wildman–Crippen MR) is 60.7 cm³/mol. The third kappa shape index (κ3) is 2.65. The van der Waals surface area contributed by atoms with E-state index in [-0.39, 0.29) is 5.97 Å². The van der Waals surface area contributed by atoms with Crippen molar-refractivity contribution in [1.29, 1.82) is 0 Å². The van der Waals surface area contributed by atoms with Crippen molar-refractivity contribution in [3.05, 3.63) is 23.8 Å². The van der Waals surface area contributed by atoms with Crippen LogP contribution in [0.2, 0.25) is 0 Å². The summed E-state index contributed by atoms with van der Waals surface area (Å²) in [6.07, 6.45) is 0. The van der Waals surface area contributed by atoms with E-state index < -0.39 is 0 Å². The van der Waals surface area contributed by atoms with Gasteiger partial charge in [-0.1, -0.05) is 13.0 Å². The monoisotopic (exact) mass is 226 g/mol. The molecule has 0 N–H and O–H groups in total. The maximum absolute atomic E-state index is 11.6. The van der Waals surface area contributed by atoms with Gasteiger partial charge in [0.15, 0.2) is 0 Å². The van der Waals surface area contributed by atoms with Crippen LogP contribution >= 0.6 is 11.8 Å². The molecule has 0 atom stereocenters. The minimum Gasteiger partial charge on any atom is -0.496 e. The van der Waals surface area contributed by atoms with Gasteiger partial charge in [0, 0.05) is 4.90 Å². The molecule has 0 saturated heterocycles. The Morgan fingerprint density at radius 1 is 1.40 bits per heavy atom. The molecule has 15 heavy (non-hydrogen) atoms. The summed E-state index contributed by atoms with van der Waals surface area (Å²) in [5.41, 5.74) is 0.509. The van der Waals surface area contributed by atoms with Crippen LogP contribution < -0.4 is 4.74 Å². The average molecular weight is 226 g/mol. The fraction of sp³-hybridized carbons (Fsp3) is 0.364. The summed E-state index contributed by atoms with van der Waals surface area (Å²) in [6.45, 7) is 2.03. The summed E-state index contributed by atoms with van der Waals surface area (Å²) >= 11 is 1.59. The van der Waals surface area contributed by atoms with Gasteiger partial charge in [0.05, 0.1) is 14.2 Å². The third-order valence-corrected chi connectivity index (χ3v) is 2.84. The molecule has 0 aromatic heterocycles. The molecule has 0 radical (unpaired) electrons. The molecule has 1 aromatic carbocycles. The summed E-state index contributed by atoms with van der Waals surface area (Å²) in [6, 6.07) is 5.51. The molecule has 0 spiro atoms. The molecular weight excluding hydrogens is 212 g/mol. The van der Waals surface area contributed by atoms with Gasteiger partial charge >= 0.3 is 5.97 Å². The molecule has 0 fully saturated rings. The second kappa shape index (κ2) is 5.66. The predicted octanol–water partition coefficient (Wildman–Crippen LogP) is 2.59. The van der Waals surface area contributed by atoms with Crippen molar-refractivity contribution in [1.82, 2.24) is 0 Å². The zero-order valence-electron chi connectivity index (χ0n) is 9.07. The first-order valence-electron chi connectivity index (χ1n) is 4.62. The van der Waals surface area contributed by atoms with E-state index in [1.807, 2.05) is 19.1 Å². The highest BCUT2D eigenvalue weighted by Crippen LogP contribution is 2.30.